The Morgan fingerprint density at radius 2 is 1.74 bits per heavy atom. The maximum absolute atomic E-state index is 13.2. The minimum atomic E-state index is -1.02. The van der Waals surface area contributed by atoms with Gasteiger partial charge in [0.25, 0.3) is 0 Å². The lowest BCUT2D eigenvalue weighted by molar-refractivity contribution is -0.151. The number of nitrogens with zero attached hydrogens (tertiary/aromatic N) is 1. The van der Waals surface area contributed by atoms with Crippen molar-refractivity contribution in [1.82, 2.24) is 0 Å². The van der Waals surface area contributed by atoms with Gasteiger partial charge in [0.2, 0.25) is 11.8 Å². The van der Waals surface area contributed by atoms with E-state index in [0.29, 0.717) is 17.9 Å². The van der Waals surface area contributed by atoms with E-state index in [1.807, 2.05) is 32.0 Å². The molecule has 27 heavy (non-hydrogen) atoms. The van der Waals surface area contributed by atoms with Crippen molar-refractivity contribution in [3.63, 3.8) is 0 Å². The van der Waals surface area contributed by atoms with E-state index in [4.69, 9.17) is 4.74 Å². The van der Waals surface area contributed by atoms with Crippen LogP contribution in [0.4, 0.5) is 5.69 Å². The lowest BCUT2D eigenvalue weighted by atomic mass is 9.70. The number of carbonyl (C=O) groups is 3. The molecule has 2 heterocycles. The van der Waals surface area contributed by atoms with Gasteiger partial charge in [-0.25, -0.2) is 4.90 Å². The van der Waals surface area contributed by atoms with Crippen molar-refractivity contribution in [1.29, 1.82) is 0 Å². The second kappa shape index (κ2) is 6.60. The summed E-state index contributed by atoms with van der Waals surface area (Å²) < 4.78 is 6.25. The number of aryl methyl sites for hydroxylation is 1. The van der Waals surface area contributed by atoms with E-state index in [1.165, 1.54) is 0 Å². The molecule has 0 N–H and O–H groups in total. The first-order valence-electron chi connectivity index (χ1n) is 8.88. The molecule has 6 heteroatoms. The minimum absolute atomic E-state index is 0.270. The molecule has 2 aliphatic heterocycles. The van der Waals surface area contributed by atoms with Crippen molar-refractivity contribution in [2.45, 2.75) is 26.2 Å². The Morgan fingerprint density at radius 3 is 2.41 bits per heavy atom. The molecule has 0 bridgehead atoms. The van der Waals surface area contributed by atoms with Crippen LogP contribution in [0, 0.1) is 18.8 Å². The summed E-state index contributed by atoms with van der Waals surface area (Å²) in [5.74, 6) is -2.96. The Balaban J connectivity index is 1.85. The van der Waals surface area contributed by atoms with Crippen molar-refractivity contribution in [3.8, 4) is 5.75 Å². The number of carbonyl (C=O) groups excluding carboxylic acids is 3. The molecule has 1 saturated heterocycles. The summed E-state index contributed by atoms with van der Waals surface area (Å²) in [6.07, 6.45) is 0.523. The predicted molar refractivity (Wildman–Crippen MR) is 103 cm³/mol. The Kier molecular flexibility index (Phi) is 4.38. The Hall–Kier alpha value is -2.47. The summed E-state index contributed by atoms with van der Waals surface area (Å²) in [5, 5.41) is 0. The van der Waals surface area contributed by atoms with Crippen molar-refractivity contribution >= 4 is 39.4 Å². The molecule has 2 amide bonds. The van der Waals surface area contributed by atoms with Crippen molar-refractivity contribution in [3.05, 3.63) is 58.1 Å². The van der Waals surface area contributed by atoms with Gasteiger partial charge in [-0.05, 0) is 43.7 Å². The van der Waals surface area contributed by atoms with Gasteiger partial charge in [-0.3, -0.25) is 14.4 Å². The Morgan fingerprint density at radius 1 is 1.04 bits per heavy atom. The van der Waals surface area contributed by atoms with Gasteiger partial charge in [0.15, 0.2) is 0 Å². The zero-order valence-corrected chi connectivity index (χ0v) is 16.5. The minimum Gasteiger partial charge on any atom is -0.426 e. The van der Waals surface area contributed by atoms with Crippen LogP contribution in [0.1, 0.15) is 30.4 Å². The molecular formula is C21H18BrNO4. The number of fused-ring (bicyclic) bond motifs is 3. The van der Waals surface area contributed by atoms with E-state index < -0.39 is 29.6 Å². The summed E-state index contributed by atoms with van der Waals surface area (Å²) in [6, 6.07) is 12.5. The molecular weight excluding hydrogens is 410 g/mol. The molecule has 1 fully saturated rings. The van der Waals surface area contributed by atoms with Gasteiger partial charge in [-0.2, -0.15) is 0 Å². The molecule has 0 radical (unpaired) electrons. The summed E-state index contributed by atoms with van der Waals surface area (Å²) in [7, 11) is 0. The van der Waals surface area contributed by atoms with Crippen LogP contribution in [-0.4, -0.2) is 17.8 Å². The number of esters is 1. The van der Waals surface area contributed by atoms with Crippen LogP contribution in [0.15, 0.2) is 46.9 Å². The number of halogens is 1. The molecule has 3 unspecified atom stereocenters. The molecule has 0 aromatic heterocycles. The SMILES string of the molecule is CCC1C(=O)N(c2ccc(C)cc2)C(=O)C2C(=O)Oc3ccc(Br)cc3C12. The first-order chi connectivity index (χ1) is 12.9. The number of rotatable bonds is 2. The van der Waals surface area contributed by atoms with Gasteiger partial charge < -0.3 is 4.74 Å². The standard InChI is InChI=1S/C21H18BrNO4/c1-3-14-17-15-10-12(22)6-9-16(15)27-21(26)18(17)20(25)23(19(14)24)13-7-4-11(2)5-8-13/h4-10,14,17-18H,3H2,1-2H3. The molecule has 0 spiro atoms. The zero-order chi connectivity index (χ0) is 19.3. The molecule has 0 saturated carbocycles. The highest BCUT2D eigenvalue weighted by Gasteiger charge is 2.55. The van der Waals surface area contributed by atoms with E-state index in [9.17, 15) is 14.4 Å². The fraction of sp³-hybridized carbons (Fsp3) is 0.286. The summed E-state index contributed by atoms with van der Waals surface area (Å²) in [5.41, 5.74) is 2.24. The maximum atomic E-state index is 13.2. The van der Waals surface area contributed by atoms with Gasteiger partial charge in [-0.15, -0.1) is 0 Å². The second-order valence-electron chi connectivity index (χ2n) is 6.97. The van der Waals surface area contributed by atoms with Crippen LogP contribution in [0.3, 0.4) is 0 Å². The highest BCUT2D eigenvalue weighted by atomic mass is 79.9. The van der Waals surface area contributed by atoms with Crippen LogP contribution < -0.4 is 9.64 Å². The Labute approximate surface area is 165 Å². The smallest absolute Gasteiger partial charge is 0.324 e. The number of hydrogen-bond donors (Lipinski definition) is 0. The zero-order valence-electron chi connectivity index (χ0n) is 14.9. The van der Waals surface area contributed by atoms with Gasteiger partial charge in [0.1, 0.15) is 11.7 Å². The monoisotopic (exact) mass is 427 g/mol. The van der Waals surface area contributed by atoms with E-state index in [2.05, 4.69) is 15.9 Å². The largest absolute Gasteiger partial charge is 0.426 e. The molecule has 4 rings (SSSR count). The number of amides is 2. The van der Waals surface area contributed by atoms with Crippen LogP contribution >= 0.6 is 15.9 Å². The van der Waals surface area contributed by atoms with E-state index in [-0.39, 0.29) is 5.91 Å². The number of anilines is 1. The highest BCUT2D eigenvalue weighted by molar-refractivity contribution is 9.10. The van der Waals surface area contributed by atoms with Crippen LogP contribution in [0.25, 0.3) is 0 Å². The lowest BCUT2D eigenvalue weighted by Crippen LogP contribution is -2.57. The number of benzene rings is 2. The summed E-state index contributed by atoms with van der Waals surface area (Å²) >= 11 is 3.43. The molecule has 2 aliphatic rings. The van der Waals surface area contributed by atoms with Gasteiger partial charge >= 0.3 is 5.97 Å². The third kappa shape index (κ3) is 2.79. The highest BCUT2D eigenvalue weighted by Crippen LogP contribution is 2.48. The molecule has 2 aromatic rings. The molecule has 5 nitrogen and oxygen atoms in total. The van der Waals surface area contributed by atoms with Crippen LogP contribution in [0.5, 0.6) is 5.75 Å². The van der Waals surface area contributed by atoms with Crippen LogP contribution in [0.2, 0.25) is 0 Å². The average Bonchev–Trinajstić information content (AvgIpc) is 2.64. The van der Waals surface area contributed by atoms with E-state index in [0.717, 1.165) is 20.5 Å². The van der Waals surface area contributed by atoms with Gasteiger partial charge in [0, 0.05) is 21.9 Å². The first kappa shape index (κ1) is 17.9. The van der Waals surface area contributed by atoms with Crippen molar-refractivity contribution in [2.24, 2.45) is 11.8 Å². The Bertz CT molecular complexity index is 953. The molecule has 2 aromatic carbocycles. The predicted octanol–water partition coefficient (Wildman–Crippen LogP) is 3.98. The lowest BCUT2D eigenvalue weighted by Gasteiger charge is -2.43. The third-order valence-corrected chi connectivity index (χ3v) is 5.84. The topological polar surface area (TPSA) is 63.7 Å². The van der Waals surface area contributed by atoms with E-state index in [1.54, 1.807) is 24.3 Å². The number of imide groups is 1. The summed E-state index contributed by atoms with van der Waals surface area (Å²) in [6.45, 7) is 3.84. The van der Waals surface area contributed by atoms with Gasteiger partial charge in [0.05, 0.1) is 5.69 Å². The molecule has 3 atom stereocenters. The number of hydrogen-bond acceptors (Lipinski definition) is 4. The summed E-state index contributed by atoms with van der Waals surface area (Å²) in [4.78, 5) is 40.3. The van der Waals surface area contributed by atoms with Gasteiger partial charge in [-0.1, -0.05) is 40.5 Å². The third-order valence-electron chi connectivity index (χ3n) is 5.34. The van der Waals surface area contributed by atoms with Crippen molar-refractivity contribution < 1.29 is 19.1 Å². The quantitative estimate of drug-likeness (QED) is 0.314. The van der Waals surface area contributed by atoms with E-state index >= 15 is 0 Å². The average molecular weight is 428 g/mol. The second-order valence-corrected chi connectivity index (χ2v) is 7.88. The normalized spacial score (nSPS) is 24.3. The fourth-order valence-electron chi connectivity index (χ4n) is 4.02. The number of ether oxygens (including phenoxy) is 1. The first-order valence-corrected chi connectivity index (χ1v) is 9.67. The molecule has 138 valence electrons. The fourth-order valence-corrected chi connectivity index (χ4v) is 4.40. The van der Waals surface area contributed by atoms with Crippen LogP contribution in [-0.2, 0) is 14.4 Å². The number of piperidine rings is 1. The van der Waals surface area contributed by atoms with Crippen molar-refractivity contribution in [2.75, 3.05) is 4.90 Å². The molecule has 0 aliphatic carbocycles. The maximum Gasteiger partial charge on any atom is 0.324 e.